The highest BCUT2D eigenvalue weighted by Crippen LogP contribution is 2.60. The van der Waals surface area contributed by atoms with Crippen molar-refractivity contribution in [3.8, 4) is 5.75 Å². The van der Waals surface area contributed by atoms with E-state index in [4.69, 9.17) is 9.05 Å². The third kappa shape index (κ3) is 5.74. The van der Waals surface area contributed by atoms with Gasteiger partial charge in [0.2, 0.25) is 0 Å². The van der Waals surface area contributed by atoms with Crippen LogP contribution in [0.1, 0.15) is 41.8 Å². The first-order valence-electron chi connectivity index (χ1n) is 8.27. The molecule has 0 spiro atoms. The number of carbonyl (C=O) groups excluding carboxylic acids is 1. The number of hydrogen-bond donors (Lipinski definition) is 0. The van der Waals surface area contributed by atoms with E-state index < -0.39 is 6.80 Å². The van der Waals surface area contributed by atoms with Crippen molar-refractivity contribution in [3.05, 3.63) is 65.2 Å². The van der Waals surface area contributed by atoms with Crippen LogP contribution in [0.4, 0.5) is 0 Å². The lowest BCUT2D eigenvalue weighted by atomic mass is 10.0. The van der Waals surface area contributed by atoms with E-state index >= 15 is 0 Å². The Kier molecular flexibility index (Phi) is 7.30. The minimum absolute atomic E-state index is 0.0556. The molecule has 0 amide bonds. The topological polar surface area (TPSA) is 52.6 Å². The summed E-state index contributed by atoms with van der Waals surface area (Å²) >= 11 is 1.20. The van der Waals surface area contributed by atoms with Gasteiger partial charge in [-0.1, -0.05) is 36.8 Å². The van der Waals surface area contributed by atoms with Crippen molar-refractivity contribution in [3.63, 3.8) is 0 Å². The predicted molar refractivity (Wildman–Crippen MR) is 104 cm³/mol. The monoisotopic (exact) mass is 378 g/mol. The molecule has 0 aliphatic carbocycles. The van der Waals surface area contributed by atoms with Gasteiger partial charge in [-0.15, -0.1) is 0 Å². The number of ketones is 1. The largest absolute Gasteiger partial charge is 0.440 e. The lowest BCUT2D eigenvalue weighted by Crippen LogP contribution is -2.01. The molecular formula is C19H23O4PS. The second-order valence-electron chi connectivity index (χ2n) is 5.51. The number of hydrogen-bond acceptors (Lipinski definition) is 5. The minimum Gasteiger partial charge on any atom is -0.417 e. The van der Waals surface area contributed by atoms with Gasteiger partial charge in [-0.05, 0) is 55.9 Å². The first-order chi connectivity index (χ1) is 12.0. The van der Waals surface area contributed by atoms with E-state index in [9.17, 15) is 9.36 Å². The molecule has 6 heteroatoms. The molecule has 0 fully saturated rings. The van der Waals surface area contributed by atoms with E-state index in [0.29, 0.717) is 29.2 Å². The summed E-state index contributed by atoms with van der Waals surface area (Å²) < 4.78 is 23.6. The highest BCUT2D eigenvalue weighted by atomic mass is 32.7. The molecule has 2 aromatic rings. The second-order valence-corrected chi connectivity index (χ2v) is 9.63. The molecule has 2 aromatic carbocycles. The predicted octanol–water partition coefficient (Wildman–Crippen LogP) is 5.89. The maximum absolute atomic E-state index is 12.7. The highest BCUT2D eigenvalue weighted by Gasteiger charge is 2.26. The molecule has 1 unspecified atom stereocenters. The van der Waals surface area contributed by atoms with Gasteiger partial charge < -0.3 is 4.52 Å². The quantitative estimate of drug-likeness (QED) is 0.402. The molecule has 0 saturated carbocycles. The number of rotatable bonds is 9. The molecule has 0 radical (unpaired) electrons. The van der Waals surface area contributed by atoms with E-state index in [0.717, 1.165) is 12.0 Å². The minimum atomic E-state index is -3.23. The smallest absolute Gasteiger partial charge is 0.417 e. The summed E-state index contributed by atoms with van der Waals surface area (Å²) in [6, 6.07) is 14.1. The van der Waals surface area contributed by atoms with Crippen molar-refractivity contribution in [2.45, 2.75) is 27.2 Å². The maximum Gasteiger partial charge on any atom is 0.440 e. The van der Waals surface area contributed by atoms with Gasteiger partial charge in [-0.2, -0.15) is 0 Å². The van der Waals surface area contributed by atoms with Crippen LogP contribution in [-0.2, 0) is 9.09 Å². The number of benzene rings is 2. The van der Waals surface area contributed by atoms with Gasteiger partial charge in [0.15, 0.2) is 5.78 Å². The zero-order valence-electron chi connectivity index (χ0n) is 14.7. The van der Waals surface area contributed by atoms with Gasteiger partial charge in [0.1, 0.15) is 5.75 Å². The summed E-state index contributed by atoms with van der Waals surface area (Å²) in [4.78, 5) is 12.5. The highest BCUT2D eigenvalue weighted by molar-refractivity contribution is 8.55. The van der Waals surface area contributed by atoms with Crippen LogP contribution in [0.25, 0.3) is 0 Å². The Morgan fingerprint density at radius 1 is 1.00 bits per heavy atom. The average molecular weight is 378 g/mol. The summed E-state index contributed by atoms with van der Waals surface area (Å²) in [5.41, 5.74) is 2.30. The van der Waals surface area contributed by atoms with Crippen molar-refractivity contribution in [2.75, 3.05) is 12.4 Å². The summed E-state index contributed by atoms with van der Waals surface area (Å²) in [5.74, 6) is 1.07. The molecule has 0 N–H and O–H groups in total. The Morgan fingerprint density at radius 3 is 2.08 bits per heavy atom. The standard InChI is InChI=1S/C19H23O4PS/c1-4-14-25-24(21,22-5-2)23-18-12-10-17(11-13-18)19(20)16-8-6-15(3)7-9-16/h6-13H,4-5,14H2,1-3H3. The Labute approximate surface area is 153 Å². The summed E-state index contributed by atoms with van der Waals surface area (Å²) in [7, 11) is 0. The molecule has 0 aliphatic heterocycles. The molecule has 25 heavy (non-hydrogen) atoms. The van der Waals surface area contributed by atoms with E-state index in [1.165, 1.54) is 11.4 Å². The Hall–Kier alpha value is -1.55. The van der Waals surface area contributed by atoms with Crippen molar-refractivity contribution in [1.29, 1.82) is 0 Å². The van der Waals surface area contributed by atoms with E-state index in [1.807, 2.05) is 38.1 Å². The van der Waals surface area contributed by atoms with Gasteiger partial charge in [0.25, 0.3) is 0 Å². The molecule has 0 heterocycles. The molecule has 1 atom stereocenters. The van der Waals surface area contributed by atoms with Crippen LogP contribution in [0.2, 0.25) is 0 Å². The Morgan fingerprint density at radius 2 is 1.56 bits per heavy atom. The molecule has 0 saturated heterocycles. The van der Waals surface area contributed by atoms with Crippen molar-refractivity contribution < 1.29 is 18.4 Å². The Bertz CT molecular complexity index is 741. The van der Waals surface area contributed by atoms with Crippen molar-refractivity contribution in [1.82, 2.24) is 0 Å². The molecule has 0 aromatic heterocycles. The van der Waals surface area contributed by atoms with Crippen LogP contribution in [0, 0.1) is 6.92 Å². The molecule has 0 bridgehead atoms. The second kappa shape index (κ2) is 9.23. The van der Waals surface area contributed by atoms with Gasteiger partial charge in [0, 0.05) is 16.9 Å². The lowest BCUT2D eigenvalue weighted by Gasteiger charge is -2.17. The van der Waals surface area contributed by atoms with Gasteiger partial charge in [0.05, 0.1) is 6.61 Å². The first-order valence-corrected chi connectivity index (χ1v) is 11.4. The fourth-order valence-electron chi connectivity index (χ4n) is 2.12. The van der Waals surface area contributed by atoms with E-state index in [2.05, 4.69) is 0 Å². The lowest BCUT2D eigenvalue weighted by molar-refractivity contribution is 0.103. The van der Waals surface area contributed by atoms with Crippen LogP contribution >= 0.6 is 18.2 Å². The fourth-order valence-corrected chi connectivity index (χ4v) is 5.58. The van der Waals surface area contributed by atoms with Gasteiger partial charge >= 0.3 is 6.80 Å². The summed E-state index contributed by atoms with van der Waals surface area (Å²) in [6.07, 6.45) is 0.884. The first kappa shape index (κ1) is 19.8. The van der Waals surface area contributed by atoms with Crippen LogP contribution in [0.15, 0.2) is 48.5 Å². The zero-order valence-corrected chi connectivity index (χ0v) is 16.4. The zero-order chi connectivity index (χ0) is 18.3. The molecule has 2 rings (SSSR count). The van der Waals surface area contributed by atoms with Crippen LogP contribution in [0.3, 0.4) is 0 Å². The van der Waals surface area contributed by atoms with E-state index in [-0.39, 0.29) is 5.78 Å². The fraction of sp³-hybridized carbons (Fsp3) is 0.316. The summed E-state index contributed by atoms with van der Waals surface area (Å²) in [5, 5.41) is 0. The molecule has 134 valence electrons. The number of carbonyl (C=O) groups is 1. The van der Waals surface area contributed by atoms with E-state index in [1.54, 1.807) is 31.2 Å². The maximum atomic E-state index is 12.7. The third-order valence-electron chi connectivity index (χ3n) is 3.39. The average Bonchev–Trinajstić information content (AvgIpc) is 2.61. The summed E-state index contributed by atoms with van der Waals surface area (Å²) in [6.45, 7) is 2.86. The van der Waals surface area contributed by atoms with Crippen LogP contribution in [0.5, 0.6) is 5.75 Å². The van der Waals surface area contributed by atoms with Crippen LogP contribution in [-0.4, -0.2) is 18.1 Å². The van der Waals surface area contributed by atoms with Gasteiger partial charge in [-0.3, -0.25) is 9.32 Å². The van der Waals surface area contributed by atoms with Gasteiger partial charge in [-0.25, -0.2) is 4.57 Å². The molecule has 0 aliphatic rings. The SMILES string of the molecule is CCCSP(=O)(OCC)Oc1ccc(C(=O)c2ccc(C)cc2)cc1. The van der Waals surface area contributed by atoms with Crippen LogP contribution < -0.4 is 4.52 Å². The normalized spacial score (nSPS) is 13.2. The Balaban J connectivity index is 2.11. The molecule has 4 nitrogen and oxygen atoms in total. The molecular weight excluding hydrogens is 355 g/mol. The van der Waals surface area contributed by atoms with Crippen molar-refractivity contribution in [2.24, 2.45) is 0 Å². The third-order valence-corrected chi connectivity index (χ3v) is 7.34. The number of aryl methyl sites for hydroxylation is 1. The van der Waals surface area contributed by atoms with Crippen molar-refractivity contribution >= 4 is 24.0 Å².